The largest absolute Gasteiger partial charge is 0.439 e. The van der Waals surface area contributed by atoms with Crippen LogP contribution in [0.3, 0.4) is 0 Å². The van der Waals surface area contributed by atoms with Crippen LogP contribution in [0.5, 0.6) is 11.6 Å². The highest BCUT2D eigenvalue weighted by Gasteiger charge is 2.24. The summed E-state index contributed by atoms with van der Waals surface area (Å²) in [5.41, 5.74) is 1.18. The number of amides is 1. The molecule has 0 N–H and O–H groups in total. The predicted molar refractivity (Wildman–Crippen MR) is 110 cm³/mol. The van der Waals surface area contributed by atoms with Crippen LogP contribution in [0.1, 0.15) is 21.1 Å². The van der Waals surface area contributed by atoms with Crippen molar-refractivity contribution in [2.75, 3.05) is 31.1 Å². The Morgan fingerprint density at radius 1 is 1.04 bits per heavy atom. The molecule has 1 amide bonds. The van der Waals surface area contributed by atoms with E-state index in [-0.39, 0.29) is 5.91 Å². The van der Waals surface area contributed by atoms with E-state index in [1.54, 1.807) is 0 Å². The summed E-state index contributed by atoms with van der Waals surface area (Å²) in [6.07, 6.45) is 0. The molecule has 0 spiro atoms. The van der Waals surface area contributed by atoms with Gasteiger partial charge in [0, 0.05) is 32.2 Å². The zero-order valence-electron chi connectivity index (χ0n) is 16.0. The van der Waals surface area contributed by atoms with Crippen LogP contribution in [0.4, 0.5) is 5.82 Å². The average Bonchev–Trinajstić information content (AvgIpc) is 3.24. The van der Waals surface area contributed by atoms with Crippen molar-refractivity contribution in [3.63, 3.8) is 0 Å². The molecule has 0 bridgehead atoms. The van der Waals surface area contributed by atoms with Gasteiger partial charge in [0.2, 0.25) is 5.88 Å². The smallest absolute Gasteiger partial charge is 0.264 e. The minimum atomic E-state index is 0.108. The van der Waals surface area contributed by atoms with E-state index in [2.05, 4.69) is 14.9 Å². The van der Waals surface area contributed by atoms with Gasteiger partial charge in [-0.05, 0) is 37.4 Å². The zero-order chi connectivity index (χ0) is 19.5. The van der Waals surface area contributed by atoms with Crippen LogP contribution >= 0.6 is 11.3 Å². The van der Waals surface area contributed by atoms with Crippen LogP contribution in [0.15, 0.2) is 47.8 Å². The Morgan fingerprint density at radius 3 is 2.46 bits per heavy atom. The number of thiophene rings is 1. The normalized spacial score (nSPS) is 14.2. The lowest BCUT2D eigenvalue weighted by molar-refractivity contribution is 0.0751. The molecule has 0 saturated carbocycles. The standard InChI is InChI=1S/C21H22N4O2S/c1-15-5-7-17(8-6-15)27-20-14-19(22-16(2)23-20)24-9-11-25(12-10-24)21(26)18-4-3-13-28-18/h3-8,13-14H,9-12H2,1-2H3. The molecule has 2 aromatic heterocycles. The topological polar surface area (TPSA) is 58.6 Å². The number of carbonyl (C=O) groups is 1. The maximum Gasteiger partial charge on any atom is 0.264 e. The van der Waals surface area contributed by atoms with Crippen molar-refractivity contribution in [2.24, 2.45) is 0 Å². The number of aromatic nitrogens is 2. The zero-order valence-corrected chi connectivity index (χ0v) is 16.8. The summed E-state index contributed by atoms with van der Waals surface area (Å²) in [4.78, 5) is 26.3. The monoisotopic (exact) mass is 394 g/mol. The molecule has 0 radical (unpaired) electrons. The van der Waals surface area contributed by atoms with Gasteiger partial charge < -0.3 is 14.5 Å². The first-order valence-electron chi connectivity index (χ1n) is 9.26. The molecule has 3 heterocycles. The Kier molecular flexibility index (Phi) is 5.25. The Labute approximate surface area is 168 Å². The van der Waals surface area contributed by atoms with Gasteiger partial charge in [0.25, 0.3) is 5.91 Å². The Morgan fingerprint density at radius 2 is 1.79 bits per heavy atom. The second kappa shape index (κ2) is 7.98. The third-order valence-corrected chi connectivity index (χ3v) is 5.53. The molecular formula is C21H22N4O2S. The van der Waals surface area contributed by atoms with E-state index < -0.39 is 0 Å². The fourth-order valence-electron chi connectivity index (χ4n) is 3.16. The van der Waals surface area contributed by atoms with Crippen LogP contribution in [0, 0.1) is 13.8 Å². The number of nitrogens with zero attached hydrogens (tertiary/aromatic N) is 4. The Hall–Kier alpha value is -2.93. The van der Waals surface area contributed by atoms with Gasteiger partial charge in [0.05, 0.1) is 4.88 Å². The molecule has 3 aromatic rings. The number of rotatable bonds is 4. The maximum atomic E-state index is 12.5. The molecule has 1 aromatic carbocycles. The van der Waals surface area contributed by atoms with Crippen molar-refractivity contribution < 1.29 is 9.53 Å². The minimum Gasteiger partial charge on any atom is -0.439 e. The number of piperazine rings is 1. The number of anilines is 1. The molecule has 1 aliphatic rings. The number of ether oxygens (including phenoxy) is 1. The van der Waals surface area contributed by atoms with Gasteiger partial charge in [-0.2, -0.15) is 4.98 Å². The van der Waals surface area contributed by atoms with Crippen molar-refractivity contribution in [2.45, 2.75) is 13.8 Å². The lowest BCUT2D eigenvalue weighted by Gasteiger charge is -2.35. The highest BCUT2D eigenvalue weighted by Crippen LogP contribution is 2.24. The van der Waals surface area contributed by atoms with Gasteiger partial charge in [-0.3, -0.25) is 4.79 Å². The molecule has 1 saturated heterocycles. The van der Waals surface area contributed by atoms with E-state index in [9.17, 15) is 4.79 Å². The molecule has 1 aliphatic heterocycles. The van der Waals surface area contributed by atoms with Crippen molar-refractivity contribution in [3.8, 4) is 11.6 Å². The number of aryl methyl sites for hydroxylation is 2. The lowest BCUT2D eigenvalue weighted by atomic mass is 10.2. The minimum absolute atomic E-state index is 0.108. The molecular weight excluding hydrogens is 372 g/mol. The van der Waals surface area contributed by atoms with Crippen LogP contribution in [-0.2, 0) is 0 Å². The van der Waals surface area contributed by atoms with E-state index in [4.69, 9.17) is 4.74 Å². The molecule has 144 valence electrons. The summed E-state index contributed by atoms with van der Waals surface area (Å²) >= 11 is 1.49. The van der Waals surface area contributed by atoms with Crippen LogP contribution < -0.4 is 9.64 Å². The van der Waals surface area contributed by atoms with E-state index in [1.807, 2.05) is 66.6 Å². The first-order chi connectivity index (χ1) is 13.6. The second-order valence-electron chi connectivity index (χ2n) is 6.78. The summed E-state index contributed by atoms with van der Waals surface area (Å²) in [6.45, 7) is 6.72. The van der Waals surface area contributed by atoms with Crippen molar-refractivity contribution in [1.29, 1.82) is 0 Å². The molecule has 7 heteroatoms. The SMILES string of the molecule is Cc1ccc(Oc2cc(N3CCN(C(=O)c4cccs4)CC3)nc(C)n2)cc1. The van der Waals surface area contributed by atoms with E-state index >= 15 is 0 Å². The number of hydrogen-bond acceptors (Lipinski definition) is 6. The van der Waals surface area contributed by atoms with Crippen molar-refractivity contribution in [3.05, 3.63) is 64.1 Å². The molecule has 0 unspecified atom stereocenters. The van der Waals surface area contributed by atoms with Gasteiger partial charge in [0.1, 0.15) is 17.4 Å². The highest BCUT2D eigenvalue weighted by molar-refractivity contribution is 7.12. The molecule has 6 nitrogen and oxygen atoms in total. The summed E-state index contributed by atoms with van der Waals surface area (Å²) in [5.74, 6) is 2.89. The summed E-state index contributed by atoms with van der Waals surface area (Å²) < 4.78 is 5.91. The molecule has 0 aliphatic carbocycles. The van der Waals surface area contributed by atoms with E-state index in [1.165, 1.54) is 16.9 Å². The number of benzene rings is 1. The fourth-order valence-corrected chi connectivity index (χ4v) is 3.85. The summed E-state index contributed by atoms with van der Waals surface area (Å²) in [5, 5.41) is 1.93. The van der Waals surface area contributed by atoms with Crippen molar-refractivity contribution >= 4 is 23.1 Å². The summed E-state index contributed by atoms with van der Waals surface area (Å²) in [7, 11) is 0. The third kappa shape index (κ3) is 4.14. The quantitative estimate of drug-likeness (QED) is 0.671. The number of carbonyl (C=O) groups excluding carboxylic acids is 1. The predicted octanol–water partition coefficient (Wildman–Crippen LogP) is 3.91. The molecule has 4 rings (SSSR count). The first-order valence-corrected chi connectivity index (χ1v) is 10.1. The van der Waals surface area contributed by atoms with Gasteiger partial charge >= 0.3 is 0 Å². The lowest BCUT2D eigenvalue weighted by Crippen LogP contribution is -2.49. The molecule has 0 atom stereocenters. The highest BCUT2D eigenvalue weighted by atomic mass is 32.1. The number of hydrogen-bond donors (Lipinski definition) is 0. The van der Waals surface area contributed by atoms with Crippen LogP contribution in [0.25, 0.3) is 0 Å². The molecule has 28 heavy (non-hydrogen) atoms. The van der Waals surface area contributed by atoms with Crippen molar-refractivity contribution in [1.82, 2.24) is 14.9 Å². The third-order valence-electron chi connectivity index (χ3n) is 4.67. The van der Waals surface area contributed by atoms with Gasteiger partial charge in [-0.1, -0.05) is 23.8 Å². The first kappa shape index (κ1) is 18.4. The van der Waals surface area contributed by atoms with E-state index in [0.717, 1.165) is 29.5 Å². The van der Waals surface area contributed by atoms with E-state index in [0.29, 0.717) is 24.8 Å². The Balaban J connectivity index is 1.44. The molecule has 1 fully saturated rings. The van der Waals surface area contributed by atoms with Crippen LogP contribution in [-0.4, -0.2) is 47.0 Å². The maximum absolute atomic E-state index is 12.5. The van der Waals surface area contributed by atoms with Gasteiger partial charge in [-0.25, -0.2) is 4.98 Å². The van der Waals surface area contributed by atoms with Gasteiger partial charge in [0.15, 0.2) is 0 Å². The van der Waals surface area contributed by atoms with Crippen LogP contribution in [0.2, 0.25) is 0 Å². The fraction of sp³-hybridized carbons (Fsp3) is 0.286. The Bertz CT molecular complexity index is 949. The van der Waals surface area contributed by atoms with Gasteiger partial charge in [-0.15, -0.1) is 11.3 Å². The second-order valence-corrected chi connectivity index (χ2v) is 7.73. The average molecular weight is 395 g/mol. The summed E-state index contributed by atoms with van der Waals surface area (Å²) in [6, 6.07) is 13.5.